The monoisotopic (exact) mass is 722 g/mol. The van der Waals surface area contributed by atoms with Gasteiger partial charge in [-0.15, -0.1) is 16.4 Å². The fourth-order valence-electron chi connectivity index (χ4n) is 8.85. The average Bonchev–Trinajstić information content (AvgIpc) is 3.97. The Kier molecular flexibility index (Phi) is 6.76. The Bertz CT molecular complexity index is 2520. The number of methoxy groups -OCH3 is 1. The molecule has 3 aliphatic heterocycles. The summed E-state index contributed by atoms with van der Waals surface area (Å²) in [6.45, 7) is 0.652. The van der Waals surface area contributed by atoms with Crippen LogP contribution >= 0.6 is 11.3 Å². The molecule has 11 rings (SSSR count). The summed E-state index contributed by atoms with van der Waals surface area (Å²) in [5, 5.41) is 10.7. The van der Waals surface area contributed by atoms with Gasteiger partial charge < -0.3 is 19.4 Å². The molecule has 1 saturated carbocycles. The minimum absolute atomic E-state index is 0.00574. The summed E-state index contributed by atoms with van der Waals surface area (Å²) < 4.78 is 55.5. The number of fused-ring (bicyclic) bond motifs is 3. The van der Waals surface area contributed by atoms with Crippen LogP contribution in [0.15, 0.2) is 63.9 Å². The highest BCUT2D eigenvalue weighted by atomic mass is 32.1. The molecule has 1 amide bonds. The number of benzene rings is 2. The van der Waals surface area contributed by atoms with Crippen LogP contribution in [0.25, 0.3) is 32.0 Å². The molecule has 3 fully saturated rings. The quantitative estimate of drug-likeness (QED) is 0.174. The number of hydrogen-bond donors (Lipinski definition) is 2. The molecule has 262 valence electrons. The first-order valence-corrected chi connectivity index (χ1v) is 17.9. The van der Waals surface area contributed by atoms with Gasteiger partial charge in [0, 0.05) is 35.2 Å². The molecule has 2 aromatic carbocycles. The van der Waals surface area contributed by atoms with Gasteiger partial charge in [-0.2, -0.15) is 0 Å². The van der Waals surface area contributed by atoms with Crippen molar-refractivity contribution in [2.24, 2.45) is 5.92 Å². The summed E-state index contributed by atoms with van der Waals surface area (Å²) >= 11 is 1.37. The molecule has 7 heterocycles. The molecule has 0 unspecified atom stereocenters. The number of halogens is 3. The van der Waals surface area contributed by atoms with Crippen molar-refractivity contribution in [1.29, 1.82) is 0 Å². The zero-order valence-electron chi connectivity index (χ0n) is 27.6. The van der Waals surface area contributed by atoms with E-state index in [-0.39, 0.29) is 29.8 Å². The van der Waals surface area contributed by atoms with Gasteiger partial charge in [-0.25, -0.2) is 28.0 Å². The maximum Gasteiger partial charge on any atom is 0.434 e. The molecule has 1 spiro atoms. The van der Waals surface area contributed by atoms with Crippen LogP contribution in [0.3, 0.4) is 0 Å². The highest BCUT2D eigenvalue weighted by Crippen LogP contribution is 2.63. The third-order valence-corrected chi connectivity index (χ3v) is 12.3. The number of ether oxygens (including phenoxy) is 1. The summed E-state index contributed by atoms with van der Waals surface area (Å²) in [6, 6.07) is 12.1. The third kappa shape index (κ3) is 4.45. The largest absolute Gasteiger partial charge is 0.493 e. The number of rotatable bonds is 8. The maximum absolute atomic E-state index is 15.7. The summed E-state index contributed by atoms with van der Waals surface area (Å²) in [5.74, 6) is -0.856. The van der Waals surface area contributed by atoms with E-state index in [1.165, 1.54) is 36.6 Å². The van der Waals surface area contributed by atoms with Crippen LogP contribution in [0.5, 0.6) is 5.75 Å². The molecule has 2 N–H and O–H groups in total. The SMILES string of the molecule is COc1c(F)ccc2c1C[C@@H](F)[C@@H]2Nc1nccc2cc(-c3c4c(nc(CCc5ccc(F)cc5)c3-c3n[nH]c(=O)o3)C35CC(CN3C4=O)C5)sc12. The normalized spacial score (nSPS) is 22.4. The van der Waals surface area contributed by atoms with Crippen LogP contribution in [-0.4, -0.2) is 50.8 Å². The van der Waals surface area contributed by atoms with Gasteiger partial charge in [-0.1, -0.05) is 18.2 Å². The number of anilines is 1. The standard InChI is InChI=1S/C38H29F3N6O4S/c1-50-31-22-13-24(41)30(21(22)7-8-23(31)40)44-34-32-19(10-11-42-34)12-26(52-32)28-27(35-45-46-37(49)51-35)25(9-4-17-2-5-20(39)6-3-17)43-33-29(28)36(48)47-16-18-14-38(33,47)15-18/h2-3,5-8,10-12,18,24,30H,4,9,13-16H2,1H3,(H,42,44)(H,46,49)/t18?,24-,30-,38?/m1/s1. The Morgan fingerprint density at radius 1 is 1.08 bits per heavy atom. The lowest BCUT2D eigenvalue weighted by Gasteiger charge is -2.37. The van der Waals surface area contributed by atoms with E-state index in [4.69, 9.17) is 14.1 Å². The molecule has 2 atom stereocenters. The van der Waals surface area contributed by atoms with E-state index in [0.717, 1.165) is 29.5 Å². The fourth-order valence-corrected chi connectivity index (χ4v) is 10.0. The number of thiophene rings is 1. The van der Waals surface area contributed by atoms with Crippen molar-refractivity contribution in [2.75, 3.05) is 19.0 Å². The molecule has 4 aromatic heterocycles. The second-order valence-corrected chi connectivity index (χ2v) is 15.0. The second kappa shape index (κ2) is 11.2. The van der Waals surface area contributed by atoms with Crippen molar-refractivity contribution in [3.63, 3.8) is 0 Å². The number of amides is 1. The summed E-state index contributed by atoms with van der Waals surface area (Å²) in [5.41, 5.74) is 4.25. The van der Waals surface area contributed by atoms with Crippen molar-refractivity contribution in [2.45, 2.75) is 49.9 Å². The molecule has 5 aliphatic rings. The summed E-state index contributed by atoms with van der Waals surface area (Å²) in [4.78, 5) is 39.2. The van der Waals surface area contributed by atoms with Crippen LogP contribution in [0.1, 0.15) is 57.3 Å². The Labute approximate surface area is 297 Å². The van der Waals surface area contributed by atoms with Gasteiger partial charge in [0.2, 0.25) is 0 Å². The number of H-pyrrole nitrogens is 1. The molecule has 2 bridgehead atoms. The summed E-state index contributed by atoms with van der Waals surface area (Å²) in [7, 11) is 1.37. The fraction of sp³-hybridized carbons (Fsp3) is 0.289. The first-order valence-electron chi connectivity index (χ1n) is 17.1. The number of carbonyl (C=O) groups is 1. The number of pyridine rings is 2. The highest BCUT2D eigenvalue weighted by Gasteiger charge is 2.65. The van der Waals surface area contributed by atoms with Gasteiger partial charge in [0.05, 0.1) is 45.9 Å². The topological polar surface area (TPSA) is 126 Å². The van der Waals surface area contributed by atoms with Gasteiger partial charge in [0.15, 0.2) is 11.6 Å². The zero-order chi connectivity index (χ0) is 35.5. The number of aromatic amines is 1. The van der Waals surface area contributed by atoms with E-state index in [0.29, 0.717) is 74.2 Å². The van der Waals surface area contributed by atoms with Crippen molar-refractivity contribution in [3.05, 3.63) is 111 Å². The highest BCUT2D eigenvalue weighted by molar-refractivity contribution is 7.23. The first-order chi connectivity index (χ1) is 25.2. The Morgan fingerprint density at radius 2 is 1.90 bits per heavy atom. The molecule has 14 heteroatoms. The van der Waals surface area contributed by atoms with Crippen LogP contribution in [0.2, 0.25) is 0 Å². The lowest BCUT2D eigenvalue weighted by atomic mass is 9.71. The van der Waals surface area contributed by atoms with E-state index < -0.39 is 29.3 Å². The molecule has 2 aliphatic carbocycles. The Morgan fingerprint density at radius 3 is 2.67 bits per heavy atom. The van der Waals surface area contributed by atoms with E-state index >= 15 is 4.39 Å². The van der Waals surface area contributed by atoms with Crippen LogP contribution in [0, 0.1) is 17.6 Å². The number of nitrogens with zero attached hydrogens (tertiary/aromatic N) is 4. The number of carbonyl (C=O) groups excluding carboxylic acids is 1. The Hall–Kier alpha value is -5.50. The van der Waals surface area contributed by atoms with Crippen LogP contribution in [-0.2, 0) is 24.8 Å². The first kappa shape index (κ1) is 31.3. The average molecular weight is 723 g/mol. The molecular weight excluding hydrogens is 694 g/mol. The molecule has 2 saturated heterocycles. The smallest absolute Gasteiger partial charge is 0.434 e. The van der Waals surface area contributed by atoms with Gasteiger partial charge in [-0.3, -0.25) is 9.78 Å². The van der Waals surface area contributed by atoms with Crippen molar-refractivity contribution < 1.29 is 27.1 Å². The zero-order valence-corrected chi connectivity index (χ0v) is 28.5. The van der Waals surface area contributed by atoms with E-state index in [2.05, 4.69) is 20.5 Å². The number of aryl methyl sites for hydroxylation is 2. The maximum atomic E-state index is 15.7. The van der Waals surface area contributed by atoms with E-state index in [1.54, 1.807) is 24.4 Å². The molecule has 6 aromatic rings. The van der Waals surface area contributed by atoms with E-state index in [9.17, 15) is 18.4 Å². The van der Waals surface area contributed by atoms with Crippen molar-refractivity contribution in [3.8, 4) is 27.6 Å². The van der Waals surface area contributed by atoms with E-state index in [1.807, 2.05) is 17.0 Å². The predicted molar refractivity (Wildman–Crippen MR) is 186 cm³/mol. The second-order valence-electron chi connectivity index (χ2n) is 14.0. The number of hydrogen-bond acceptors (Lipinski definition) is 9. The predicted octanol–water partition coefficient (Wildman–Crippen LogP) is 6.90. The number of aromatic nitrogens is 4. The lowest BCUT2D eigenvalue weighted by Crippen LogP contribution is -2.40. The third-order valence-electron chi connectivity index (χ3n) is 11.1. The van der Waals surface area contributed by atoms with Gasteiger partial charge in [0.1, 0.15) is 17.8 Å². The molecule has 10 nitrogen and oxygen atoms in total. The minimum Gasteiger partial charge on any atom is -0.493 e. The van der Waals surface area contributed by atoms with Gasteiger partial charge >= 0.3 is 5.76 Å². The van der Waals surface area contributed by atoms with Gasteiger partial charge in [0.25, 0.3) is 11.8 Å². The molecular formula is C38H29F3N6O4S. The number of nitrogens with one attached hydrogen (secondary N) is 2. The minimum atomic E-state index is -1.36. The summed E-state index contributed by atoms with van der Waals surface area (Å²) in [6.07, 6.45) is 2.82. The number of alkyl halides is 1. The molecule has 52 heavy (non-hydrogen) atoms. The van der Waals surface area contributed by atoms with Gasteiger partial charge in [-0.05, 0) is 78.4 Å². The van der Waals surface area contributed by atoms with Crippen LogP contribution < -0.4 is 15.8 Å². The van der Waals surface area contributed by atoms with Crippen molar-refractivity contribution >= 4 is 33.1 Å². The van der Waals surface area contributed by atoms with Crippen LogP contribution in [0.4, 0.5) is 19.0 Å². The van der Waals surface area contributed by atoms with Crippen molar-refractivity contribution in [1.82, 2.24) is 25.1 Å². The Balaban J connectivity index is 1.14. The lowest BCUT2D eigenvalue weighted by molar-refractivity contribution is 0.0637. The molecule has 0 radical (unpaired) electrons.